The zero-order chi connectivity index (χ0) is 20.3. The molecule has 0 saturated heterocycles. The molecular formula is C19H14F3N3O2S. The number of thioether (sulfide) groups is 1. The number of carbonyl (C=O) groups is 1. The van der Waals surface area contributed by atoms with Gasteiger partial charge in [-0.05, 0) is 36.8 Å². The molecule has 1 heterocycles. The number of aromatic nitrogens is 2. The number of hydrogen-bond donors (Lipinski definition) is 1. The van der Waals surface area contributed by atoms with Crippen molar-refractivity contribution < 1.29 is 18.0 Å². The van der Waals surface area contributed by atoms with E-state index in [1.165, 1.54) is 30.6 Å². The zero-order valence-electron chi connectivity index (χ0n) is 14.6. The normalized spacial score (nSPS) is 10.7. The monoisotopic (exact) mass is 405 g/mol. The average molecular weight is 405 g/mol. The van der Waals surface area contributed by atoms with Crippen molar-refractivity contribution in [2.75, 3.05) is 11.1 Å². The maximum absolute atomic E-state index is 13.5. The van der Waals surface area contributed by atoms with E-state index in [0.717, 1.165) is 28.5 Å². The first-order valence-electron chi connectivity index (χ1n) is 8.07. The molecular weight excluding hydrogens is 391 g/mol. The minimum atomic E-state index is -1.08. The number of nitrogens with zero attached hydrogens (tertiary/aromatic N) is 2. The molecule has 28 heavy (non-hydrogen) atoms. The van der Waals surface area contributed by atoms with Crippen LogP contribution in [0.2, 0.25) is 0 Å². The van der Waals surface area contributed by atoms with Crippen LogP contribution in [0, 0.1) is 24.4 Å². The smallest absolute Gasteiger partial charge is 0.287 e. The fraction of sp³-hybridized carbons (Fsp3) is 0.105. The van der Waals surface area contributed by atoms with Gasteiger partial charge in [0.1, 0.15) is 5.82 Å². The maximum Gasteiger partial charge on any atom is 0.287 e. The van der Waals surface area contributed by atoms with E-state index >= 15 is 0 Å². The number of hydrogen-bond acceptors (Lipinski definition) is 4. The van der Waals surface area contributed by atoms with Gasteiger partial charge in [0.25, 0.3) is 5.56 Å². The molecule has 1 amide bonds. The van der Waals surface area contributed by atoms with Gasteiger partial charge in [0.15, 0.2) is 16.7 Å². The van der Waals surface area contributed by atoms with Gasteiger partial charge >= 0.3 is 0 Å². The number of carbonyl (C=O) groups excluding carboxylic acids is 1. The number of benzene rings is 2. The first kappa shape index (κ1) is 19.7. The first-order chi connectivity index (χ1) is 13.3. The molecule has 144 valence electrons. The third-order valence-electron chi connectivity index (χ3n) is 3.79. The standard InChI is InChI=1S/C19H14F3N3O2S/c1-11-2-3-12(8-15(11)21)24-17(26)10-28-18-19(27)25(7-6-23-18)13-4-5-14(20)16(22)9-13/h2-9H,10H2,1H3,(H,24,26). The Morgan fingerprint density at radius 2 is 1.89 bits per heavy atom. The minimum Gasteiger partial charge on any atom is -0.325 e. The van der Waals surface area contributed by atoms with Crippen molar-refractivity contribution in [3.05, 3.63) is 82.2 Å². The molecule has 9 heteroatoms. The van der Waals surface area contributed by atoms with Crippen molar-refractivity contribution in [2.24, 2.45) is 0 Å². The highest BCUT2D eigenvalue weighted by Crippen LogP contribution is 2.16. The van der Waals surface area contributed by atoms with Gasteiger partial charge in [0.05, 0.1) is 11.4 Å². The van der Waals surface area contributed by atoms with Crippen LogP contribution < -0.4 is 10.9 Å². The van der Waals surface area contributed by atoms with Gasteiger partial charge in [-0.2, -0.15) is 0 Å². The SMILES string of the molecule is Cc1ccc(NC(=O)CSc2nccn(-c3ccc(F)c(F)c3)c2=O)cc1F. The molecule has 2 aromatic carbocycles. The summed E-state index contributed by atoms with van der Waals surface area (Å²) in [7, 11) is 0. The second-order valence-corrected chi connectivity index (χ2v) is 6.77. The van der Waals surface area contributed by atoms with Crippen molar-refractivity contribution in [1.82, 2.24) is 9.55 Å². The second-order valence-electron chi connectivity index (χ2n) is 5.81. The van der Waals surface area contributed by atoms with Crippen LogP contribution in [0.4, 0.5) is 18.9 Å². The number of rotatable bonds is 5. The Bertz CT molecular complexity index is 1100. The summed E-state index contributed by atoms with van der Waals surface area (Å²) < 4.78 is 41.1. The molecule has 0 aliphatic rings. The highest BCUT2D eigenvalue weighted by atomic mass is 32.2. The molecule has 0 saturated carbocycles. The van der Waals surface area contributed by atoms with Crippen LogP contribution in [0.15, 0.2) is 58.6 Å². The van der Waals surface area contributed by atoms with Crippen LogP contribution in [0.5, 0.6) is 0 Å². The quantitative estimate of drug-likeness (QED) is 0.658. The van der Waals surface area contributed by atoms with Gasteiger partial charge in [-0.15, -0.1) is 0 Å². The number of aryl methyl sites for hydroxylation is 1. The van der Waals surface area contributed by atoms with Crippen molar-refractivity contribution in [3.63, 3.8) is 0 Å². The van der Waals surface area contributed by atoms with E-state index in [0.29, 0.717) is 11.3 Å². The highest BCUT2D eigenvalue weighted by molar-refractivity contribution is 7.99. The topological polar surface area (TPSA) is 64.0 Å². The fourth-order valence-corrected chi connectivity index (χ4v) is 3.03. The molecule has 0 aliphatic heterocycles. The largest absolute Gasteiger partial charge is 0.325 e. The Balaban J connectivity index is 1.72. The summed E-state index contributed by atoms with van der Waals surface area (Å²) >= 11 is 0.880. The maximum atomic E-state index is 13.5. The molecule has 0 atom stereocenters. The second kappa shape index (κ2) is 8.30. The van der Waals surface area contributed by atoms with Gasteiger partial charge in [0, 0.05) is 24.1 Å². The van der Waals surface area contributed by atoms with Crippen molar-refractivity contribution in [3.8, 4) is 5.69 Å². The zero-order valence-corrected chi connectivity index (χ0v) is 15.4. The van der Waals surface area contributed by atoms with E-state index in [4.69, 9.17) is 0 Å². The molecule has 0 radical (unpaired) electrons. The fourth-order valence-electron chi connectivity index (χ4n) is 2.33. The minimum absolute atomic E-state index is 0.0115. The summed E-state index contributed by atoms with van der Waals surface area (Å²) in [6.45, 7) is 1.61. The van der Waals surface area contributed by atoms with Crippen LogP contribution in [0.1, 0.15) is 5.56 Å². The molecule has 0 aliphatic carbocycles. The first-order valence-corrected chi connectivity index (χ1v) is 9.05. The van der Waals surface area contributed by atoms with Crippen LogP contribution >= 0.6 is 11.8 Å². The number of halogens is 3. The lowest BCUT2D eigenvalue weighted by atomic mass is 10.2. The van der Waals surface area contributed by atoms with Gasteiger partial charge in [-0.3, -0.25) is 14.2 Å². The Morgan fingerprint density at radius 3 is 2.61 bits per heavy atom. The van der Waals surface area contributed by atoms with Crippen LogP contribution in [-0.4, -0.2) is 21.2 Å². The third kappa shape index (κ3) is 4.42. The predicted octanol–water partition coefficient (Wildman–Crippen LogP) is 3.69. The van der Waals surface area contributed by atoms with Crippen LogP contribution in [0.3, 0.4) is 0 Å². The molecule has 0 spiro atoms. The van der Waals surface area contributed by atoms with Gasteiger partial charge in [0.2, 0.25) is 5.91 Å². The summed E-state index contributed by atoms with van der Waals surface area (Å²) in [6.07, 6.45) is 2.63. The van der Waals surface area contributed by atoms with Gasteiger partial charge < -0.3 is 5.32 Å². The number of anilines is 1. The summed E-state index contributed by atoms with van der Waals surface area (Å²) in [5.41, 5.74) is 0.313. The summed E-state index contributed by atoms with van der Waals surface area (Å²) in [6, 6.07) is 7.37. The summed E-state index contributed by atoms with van der Waals surface area (Å²) in [5, 5.41) is 2.54. The van der Waals surface area contributed by atoms with E-state index in [1.54, 1.807) is 13.0 Å². The number of amides is 1. The Labute approximate surface area is 162 Å². The van der Waals surface area contributed by atoms with E-state index < -0.39 is 28.9 Å². The molecule has 0 unspecified atom stereocenters. The predicted molar refractivity (Wildman–Crippen MR) is 100 cm³/mol. The lowest BCUT2D eigenvalue weighted by Crippen LogP contribution is -2.22. The summed E-state index contributed by atoms with van der Waals surface area (Å²) in [5.74, 6) is -3.13. The van der Waals surface area contributed by atoms with Crippen LogP contribution in [0.25, 0.3) is 5.69 Å². The van der Waals surface area contributed by atoms with Crippen molar-refractivity contribution in [1.29, 1.82) is 0 Å². The molecule has 1 aromatic heterocycles. The third-order valence-corrected chi connectivity index (χ3v) is 4.75. The lowest BCUT2D eigenvalue weighted by molar-refractivity contribution is -0.113. The Kier molecular flexibility index (Phi) is 5.84. The molecule has 3 rings (SSSR count). The molecule has 1 N–H and O–H groups in total. The van der Waals surface area contributed by atoms with Gasteiger partial charge in [-0.1, -0.05) is 17.8 Å². The lowest BCUT2D eigenvalue weighted by Gasteiger charge is -2.08. The van der Waals surface area contributed by atoms with E-state index in [-0.39, 0.29) is 16.5 Å². The van der Waals surface area contributed by atoms with Crippen molar-refractivity contribution >= 4 is 23.4 Å². The van der Waals surface area contributed by atoms with Gasteiger partial charge in [-0.25, -0.2) is 18.2 Å². The van der Waals surface area contributed by atoms with E-state index in [1.807, 2.05) is 0 Å². The number of nitrogens with one attached hydrogen (secondary N) is 1. The molecule has 3 aromatic rings. The van der Waals surface area contributed by atoms with E-state index in [9.17, 15) is 22.8 Å². The summed E-state index contributed by atoms with van der Waals surface area (Å²) in [4.78, 5) is 28.5. The van der Waals surface area contributed by atoms with Crippen molar-refractivity contribution in [2.45, 2.75) is 11.9 Å². The van der Waals surface area contributed by atoms with Crippen LogP contribution in [-0.2, 0) is 4.79 Å². The highest BCUT2D eigenvalue weighted by Gasteiger charge is 2.12. The Morgan fingerprint density at radius 1 is 1.11 bits per heavy atom. The molecule has 0 fully saturated rings. The molecule has 5 nitrogen and oxygen atoms in total. The van der Waals surface area contributed by atoms with E-state index in [2.05, 4.69) is 10.3 Å². The Hall–Kier alpha value is -3.07. The average Bonchev–Trinajstić information content (AvgIpc) is 2.66. The molecule has 0 bridgehead atoms.